The van der Waals surface area contributed by atoms with Crippen molar-refractivity contribution in [1.82, 2.24) is 0 Å². The molecule has 4 rings (SSSR count). The van der Waals surface area contributed by atoms with E-state index in [1.165, 1.54) is 24.3 Å². The van der Waals surface area contributed by atoms with Gasteiger partial charge in [-0.05, 0) is 45.9 Å². The second-order valence-corrected chi connectivity index (χ2v) is 9.61. The number of non-ortho nitro benzene ring substituents is 1. The van der Waals surface area contributed by atoms with Gasteiger partial charge in [-0.15, -0.1) is 0 Å². The van der Waals surface area contributed by atoms with Crippen LogP contribution in [0, 0.1) is 10.1 Å². The van der Waals surface area contributed by atoms with Crippen LogP contribution in [0.4, 0.5) is 11.4 Å². The van der Waals surface area contributed by atoms with Crippen molar-refractivity contribution >= 4 is 50.8 Å². The Morgan fingerprint density at radius 1 is 0.914 bits per heavy atom. The predicted octanol–water partition coefficient (Wildman–Crippen LogP) is 5.46. The standard InChI is InChI=1S/C28H25N3O3S/c1-28(2,3)21-15-17-30(18-16-21)25(26(32)20-11-13-22(14-12-20)31(33)34)27(35)29-24-10-6-8-19-7-4-5-9-23(19)24/h4-18H,1-3H3,(H-,29,32,35). The van der Waals surface area contributed by atoms with Gasteiger partial charge >= 0.3 is 0 Å². The highest BCUT2D eigenvalue weighted by Crippen LogP contribution is 2.26. The van der Waals surface area contributed by atoms with Gasteiger partial charge in [0.15, 0.2) is 17.4 Å². The SMILES string of the molecule is CC(C)(C)c1cc[n+](/C(C(=S)Nc2cccc3ccccc23)=C(/[O-])c2ccc([N+](=O)[O-])cc2)cc1. The molecule has 6 nitrogen and oxygen atoms in total. The van der Waals surface area contributed by atoms with Crippen LogP contribution in [0.5, 0.6) is 0 Å². The molecule has 0 aliphatic carbocycles. The molecule has 1 aromatic heterocycles. The lowest BCUT2D eigenvalue weighted by molar-refractivity contribution is -0.577. The number of nitrogens with zero attached hydrogens (tertiary/aromatic N) is 2. The fourth-order valence-corrected chi connectivity index (χ4v) is 4.11. The molecule has 0 aliphatic rings. The van der Waals surface area contributed by atoms with Gasteiger partial charge in [0.2, 0.25) is 5.70 Å². The number of aromatic nitrogens is 1. The Bertz CT molecular complexity index is 1430. The number of fused-ring (bicyclic) bond motifs is 1. The summed E-state index contributed by atoms with van der Waals surface area (Å²) >= 11 is 5.75. The van der Waals surface area contributed by atoms with E-state index in [9.17, 15) is 15.2 Å². The van der Waals surface area contributed by atoms with E-state index in [2.05, 4.69) is 26.1 Å². The molecule has 0 amide bonds. The summed E-state index contributed by atoms with van der Waals surface area (Å²) < 4.78 is 1.69. The number of hydrogen-bond acceptors (Lipinski definition) is 4. The first-order valence-corrected chi connectivity index (χ1v) is 11.5. The normalized spacial score (nSPS) is 12.2. The summed E-state index contributed by atoms with van der Waals surface area (Å²) in [5, 5.41) is 30.0. The van der Waals surface area contributed by atoms with Crippen molar-refractivity contribution in [3.05, 3.63) is 112 Å². The molecule has 35 heavy (non-hydrogen) atoms. The summed E-state index contributed by atoms with van der Waals surface area (Å²) in [6.07, 6.45) is 3.63. The van der Waals surface area contributed by atoms with Gasteiger partial charge in [-0.1, -0.05) is 69.4 Å². The van der Waals surface area contributed by atoms with E-state index in [1.54, 1.807) is 4.57 Å². The molecule has 4 aromatic rings. The lowest BCUT2D eigenvalue weighted by Gasteiger charge is -2.20. The fraction of sp³-hybridized carbons (Fsp3) is 0.143. The van der Waals surface area contributed by atoms with Crippen LogP contribution < -0.4 is 15.0 Å². The minimum Gasteiger partial charge on any atom is -0.867 e. The number of nitro groups is 1. The molecular formula is C28H25N3O3S. The van der Waals surface area contributed by atoms with Gasteiger partial charge < -0.3 is 10.4 Å². The summed E-state index contributed by atoms with van der Waals surface area (Å²) in [4.78, 5) is 10.8. The lowest BCUT2D eigenvalue weighted by Crippen LogP contribution is -2.40. The topological polar surface area (TPSA) is 82.1 Å². The molecule has 1 heterocycles. The maximum Gasteiger partial charge on any atom is 0.269 e. The average Bonchev–Trinajstić information content (AvgIpc) is 2.84. The zero-order chi connectivity index (χ0) is 25.2. The maximum absolute atomic E-state index is 13.6. The van der Waals surface area contributed by atoms with Crippen LogP contribution in [0.3, 0.4) is 0 Å². The van der Waals surface area contributed by atoms with E-state index in [-0.39, 0.29) is 27.5 Å². The Morgan fingerprint density at radius 2 is 1.54 bits per heavy atom. The van der Waals surface area contributed by atoms with Gasteiger partial charge in [0.05, 0.1) is 4.92 Å². The van der Waals surface area contributed by atoms with Crippen LogP contribution in [0.25, 0.3) is 22.2 Å². The number of nitrogens with one attached hydrogen (secondary N) is 1. The molecule has 3 aromatic carbocycles. The van der Waals surface area contributed by atoms with Crippen molar-refractivity contribution < 1.29 is 14.6 Å². The van der Waals surface area contributed by atoms with Crippen LogP contribution in [-0.2, 0) is 5.41 Å². The minimum absolute atomic E-state index is 0.0522. The molecule has 0 unspecified atom stereocenters. The first-order chi connectivity index (χ1) is 16.6. The van der Waals surface area contributed by atoms with E-state index in [0.29, 0.717) is 5.56 Å². The number of nitro benzene ring substituents is 1. The molecule has 0 aliphatic heterocycles. The van der Waals surface area contributed by atoms with Crippen LogP contribution >= 0.6 is 12.2 Å². The second kappa shape index (κ2) is 9.64. The fourth-order valence-electron chi connectivity index (χ4n) is 3.80. The van der Waals surface area contributed by atoms with Crippen molar-refractivity contribution in [3.8, 4) is 0 Å². The zero-order valence-electron chi connectivity index (χ0n) is 19.7. The highest BCUT2D eigenvalue weighted by atomic mass is 32.1. The Kier molecular flexibility index (Phi) is 6.62. The largest absolute Gasteiger partial charge is 0.867 e. The molecular weight excluding hydrogens is 458 g/mol. The van der Waals surface area contributed by atoms with Crippen molar-refractivity contribution in [2.45, 2.75) is 26.2 Å². The Labute approximate surface area is 209 Å². The average molecular weight is 484 g/mol. The molecule has 0 radical (unpaired) electrons. The molecule has 0 saturated heterocycles. The van der Waals surface area contributed by atoms with E-state index >= 15 is 0 Å². The van der Waals surface area contributed by atoms with Crippen molar-refractivity contribution in [2.75, 3.05) is 5.32 Å². The number of anilines is 1. The van der Waals surface area contributed by atoms with Crippen LogP contribution in [-0.4, -0.2) is 9.91 Å². The predicted molar refractivity (Wildman–Crippen MR) is 142 cm³/mol. The summed E-state index contributed by atoms with van der Waals surface area (Å²) in [5.74, 6) is -0.342. The van der Waals surface area contributed by atoms with E-state index < -0.39 is 4.92 Å². The summed E-state index contributed by atoms with van der Waals surface area (Å²) in [7, 11) is 0. The number of hydrogen-bond donors (Lipinski definition) is 1. The highest BCUT2D eigenvalue weighted by molar-refractivity contribution is 7.81. The number of rotatable bonds is 5. The van der Waals surface area contributed by atoms with Crippen molar-refractivity contribution in [3.63, 3.8) is 0 Å². The molecule has 7 heteroatoms. The van der Waals surface area contributed by atoms with Crippen molar-refractivity contribution in [1.29, 1.82) is 0 Å². The Balaban J connectivity index is 1.81. The molecule has 0 spiro atoms. The summed E-state index contributed by atoms with van der Waals surface area (Å²) in [5.41, 5.74) is 2.32. The maximum atomic E-state index is 13.6. The smallest absolute Gasteiger partial charge is 0.269 e. The third kappa shape index (κ3) is 5.20. The number of pyridine rings is 1. The number of thiocarbonyl (C=S) groups is 1. The molecule has 0 saturated carbocycles. The van der Waals surface area contributed by atoms with E-state index in [1.807, 2.05) is 67.0 Å². The monoisotopic (exact) mass is 483 g/mol. The third-order valence-corrected chi connectivity index (χ3v) is 6.06. The summed E-state index contributed by atoms with van der Waals surface area (Å²) in [6, 6.07) is 23.2. The first kappa shape index (κ1) is 24.0. The van der Waals surface area contributed by atoms with Crippen LogP contribution in [0.2, 0.25) is 0 Å². The van der Waals surface area contributed by atoms with Gasteiger partial charge in [0.1, 0.15) is 0 Å². The number of benzene rings is 3. The third-order valence-electron chi connectivity index (χ3n) is 5.76. The van der Waals surface area contributed by atoms with E-state index in [0.717, 1.165) is 22.0 Å². The van der Waals surface area contributed by atoms with Gasteiger partial charge in [0, 0.05) is 35.3 Å². The highest BCUT2D eigenvalue weighted by Gasteiger charge is 2.22. The van der Waals surface area contributed by atoms with E-state index in [4.69, 9.17) is 12.2 Å². The molecule has 0 atom stereocenters. The lowest BCUT2D eigenvalue weighted by atomic mass is 9.88. The van der Waals surface area contributed by atoms with Gasteiger partial charge in [-0.3, -0.25) is 10.1 Å². The molecule has 1 N–H and O–H groups in total. The minimum atomic E-state index is -0.494. The van der Waals surface area contributed by atoms with Crippen LogP contribution in [0.15, 0.2) is 91.3 Å². The Morgan fingerprint density at radius 3 is 2.17 bits per heavy atom. The zero-order valence-corrected chi connectivity index (χ0v) is 20.5. The quantitative estimate of drug-likeness (QED) is 0.102. The first-order valence-electron chi connectivity index (χ1n) is 11.1. The Hall–Kier alpha value is -4.10. The van der Waals surface area contributed by atoms with Crippen molar-refractivity contribution in [2.24, 2.45) is 0 Å². The van der Waals surface area contributed by atoms with Gasteiger partial charge in [-0.2, -0.15) is 4.57 Å². The van der Waals surface area contributed by atoms with Gasteiger partial charge in [0.25, 0.3) is 5.69 Å². The van der Waals surface area contributed by atoms with Gasteiger partial charge in [-0.25, -0.2) is 0 Å². The molecule has 0 fully saturated rings. The molecule has 176 valence electrons. The van der Waals surface area contributed by atoms with Crippen LogP contribution in [0.1, 0.15) is 31.9 Å². The second-order valence-electron chi connectivity index (χ2n) is 9.21. The molecule has 0 bridgehead atoms. The summed E-state index contributed by atoms with van der Waals surface area (Å²) in [6.45, 7) is 6.35.